The molecule has 21 nitrogen and oxygen atoms in total. The number of benzene rings is 2. The molecule has 0 aliphatic heterocycles. The van der Waals surface area contributed by atoms with Crippen LogP contribution in [0, 0.1) is 60.7 Å². The Hall–Kier alpha value is -4.98. The molecule has 0 aliphatic rings. The summed E-state index contributed by atoms with van der Waals surface area (Å²) in [6.45, 7) is 0. The molecule has 0 saturated carbocycles. The second-order valence-corrected chi connectivity index (χ2v) is 5.21. The predicted molar refractivity (Wildman–Crippen MR) is 99.8 cm³/mol. The van der Waals surface area contributed by atoms with Crippen LogP contribution in [0.3, 0.4) is 0 Å². The number of hydrogen-bond acceptors (Lipinski definition) is 14. The van der Waals surface area contributed by atoms with Crippen LogP contribution in [0.2, 0.25) is 0 Å². The van der Waals surface area contributed by atoms with Crippen LogP contribution >= 0.6 is 0 Å². The number of phenols is 2. The Kier molecular flexibility index (Phi) is 11.2. The fourth-order valence-corrected chi connectivity index (χ4v) is 1.95. The normalized spacial score (nSPS) is 9.18. The van der Waals surface area contributed by atoms with Crippen molar-refractivity contribution in [2.45, 2.75) is 0 Å². The van der Waals surface area contributed by atoms with Crippen LogP contribution in [0.5, 0.6) is 11.5 Å². The first-order valence-electron chi connectivity index (χ1n) is 7.29. The topological polar surface area (TPSA) is 331 Å². The van der Waals surface area contributed by atoms with Crippen LogP contribution in [0.15, 0.2) is 24.3 Å². The number of nitro groups is 6. The van der Waals surface area contributed by atoms with Gasteiger partial charge in [-0.25, -0.2) is 0 Å². The first-order chi connectivity index (χ1) is 14.7. The van der Waals surface area contributed by atoms with Gasteiger partial charge in [-0.15, -0.1) is 0 Å². The minimum Gasteiger partial charge on any atom is -0.497 e. The zero-order valence-corrected chi connectivity index (χ0v) is 19.0. The van der Waals surface area contributed by atoms with E-state index in [0.29, 0.717) is 24.3 Å². The summed E-state index contributed by atoms with van der Waals surface area (Å²) in [6.07, 6.45) is 0. The maximum atomic E-state index is 10.4. The first-order valence-corrected chi connectivity index (χ1v) is 7.29. The first kappa shape index (κ1) is 31.2. The van der Waals surface area contributed by atoms with Crippen LogP contribution in [-0.2, 0) is 19.5 Å². The van der Waals surface area contributed by atoms with E-state index in [-0.39, 0.29) is 25.0 Å². The summed E-state index contributed by atoms with van der Waals surface area (Å²) < 4.78 is 0. The van der Waals surface area contributed by atoms with Crippen molar-refractivity contribution in [3.63, 3.8) is 0 Å². The molecule has 4 N–H and O–H groups in total. The standard InChI is InChI=1S/2C6H3N3O7.H2O.Zn/c2*10-6-4(8(13)14)1-3(7(11)12)2-5(6)9(15)16;;/h2*1-2,10H;1H2;. The van der Waals surface area contributed by atoms with E-state index in [2.05, 4.69) is 0 Å². The van der Waals surface area contributed by atoms with E-state index in [1.165, 1.54) is 0 Å². The van der Waals surface area contributed by atoms with Gasteiger partial charge in [-0.2, -0.15) is 0 Å². The van der Waals surface area contributed by atoms with E-state index < -0.39 is 75.2 Å². The number of aromatic hydroxyl groups is 2. The quantitative estimate of drug-likeness (QED) is 0.296. The molecule has 22 heteroatoms. The minimum absolute atomic E-state index is 0. The third-order valence-electron chi connectivity index (χ3n) is 3.32. The van der Waals surface area contributed by atoms with Crippen molar-refractivity contribution >= 4 is 34.1 Å². The maximum absolute atomic E-state index is 10.4. The Labute approximate surface area is 195 Å². The van der Waals surface area contributed by atoms with Gasteiger partial charge in [0.1, 0.15) is 0 Å². The van der Waals surface area contributed by atoms with Crippen LogP contribution in [0.25, 0.3) is 0 Å². The van der Waals surface area contributed by atoms with E-state index >= 15 is 0 Å². The zero-order valence-electron chi connectivity index (χ0n) is 16.0. The van der Waals surface area contributed by atoms with E-state index in [1.807, 2.05) is 0 Å². The van der Waals surface area contributed by atoms with Crippen molar-refractivity contribution in [2.75, 3.05) is 0 Å². The van der Waals surface area contributed by atoms with Gasteiger partial charge >= 0.3 is 22.7 Å². The van der Waals surface area contributed by atoms with Crippen molar-refractivity contribution in [1.29, 1.82) is 0 Å². The van der Waals surface area contributed by atoms with Crippen LogP contribution in [-0.4, -0.2) is 45.2 Å². The summed E-state index contributed by atoms with van der Waals surface area (Å²) in [5.41, 5.74) is -6.00. The van der Waals surface area contributed by atoms with E-state index in [1.54, 1.807) is 0 Å². The Balaban J connectivity index is 0. The molecule has 0 aliphatic carbocycles. The van der Waals surface area contributed by atoms with Gasteiger partial charge in [-0.1, -0.05) is 0 Å². The van der Waals surface area contributed by atoms with Crippen molar-refractivity contribution < 1.29 is 64.7 Å². The molecule has 0 heterocycles. The molecule has 0 amide bonds. The van der Waals surface area contributed by atoms with Crippen LogP contribution < -0.4 is 0 Å². The maximum Gasteiger partial charge on any atom is 0.324 e. The SMILES string of the molecule is O.O=[N+]([O-])c1cc([N+](=O)[O-])c(O)c([N+](=O)[O-])c1.O=[N+]([O-])c1cc([N+](=O)[O-])c(O)c([N+](=O)[O-])c1.[Zn]. The molecule has 0 saturated heterocycles. The number of nitrogens with zero attached hydrogens (tertiary/aromatic N) is 6. The fraction of sp³-hybridized carbons (Fsp3) is 0. The van der Waals surface area contributed by atoms with Gasteiger partial charge in [0, 0.05) is 19.5 Å². The summed E-state index contributed by atoms with van der Waals surface area (Å²) in [7, 11) is 0. The summed E-state index contributed by atoms with van der Waals surface area (Å²) in [6, 6.07) is 1.79. The van der Waals surface area contributed by atoms with Crippen molar-refractivity contribution in [3.05, 3.63) is 85.0 Å². The number of hydrogen-bond donors (Lipinski definition) is 2. The van der Waals surface area contributed by atoms with Gasteiger partial charge in [0.15, 0.2) is 0 Å². The van der Waals surface area contributed by atoms with Gasteiger partial charge in [0.25, 0.3) is 22.9 Å². The van der Waals surface area contributed by atoms with Gasteiger partial charge in [-0.3, -0.25) is 60.7 Å². The fourth-order valence-electron chi connectivity index (χ4n) is 1.95. The minimum atomic E-state index is -1.21. The van der Waals surface area contributed by atoms with Crippen molar-refractivity contribution in [2.24, 2.45) is 0 Å². The van der Waals surface area contributed by atoms with Gasteiger partial charge in [0.05, 0.1) is 53.8 Å². The number of non-ortho nitro benzene ring substituents is 2. The molecule has 0 atom stereocenters. The predicted octanol–water partition coefficient (Wildman–Crippen LogP) is 1.41. The second kappa shape index (κ2) is 12.2. The molecular formula is C12H8N6O15Zn. The average Bonchev–Trinajstić information content (AvgIpc) is 2.67. The zero-order chi connectivity index (χ0) is 24.9. The largest absolute Gasteiger partial charge is 0.497 e. The molecule has 0 bridgehead atoms. The van der Waals surface area contributed by atoms with Crippen LogP contribution in [0.1, 0.15) is 0 Å². The molecule has 0 aromatic heterocycles. The summed E-state index contributed by atoms with van der Waals surface area (Å²) in [5, 5.41) is 80.4. The Morgan fingerprint density at radius 3 is 0.765 bits per heavy atom. The van der Waals surface area contributed by atoms with Gasteiger partial charge in [-0.05, 0) is 0 Å². The number of rotatable bonds is 6. The molecule has 0 radical (unpaired) electrons. The molecule has 2 aromatic rings. The number of phenolic OH excluding ortho intramolecular Hbond substituents is 2. The molecule has 34 heavy (non-hydrogen) atoms. The van der Waals surface area contributed by atoms with Crippen molar-refractivity contribution in [1.82, 2.24) is 0 Å². The molecule has 0 fully saturated rings. The molecule has 0 spiro atoms. The summed E-state index contributed by atoms with van der Waals surface area (Å²) in [5.74, 6) is -2.42. The third-order valence-corrected chi connectivity index (χ3v) is 3.32. The second-order valence-electron chi connectivity index (χ2n) is 5.21. The Bertz CT molecular complexity index is 1020. The monoisotopic (exact) mass is 540 g/mol. The number of nitro benzene ring substituents is 6. The molecule has 0 unspecified atom stereocenters. The average molecular weight is 542 g/mol. The molecule has 2 rings (SSSR count). The Morgan fingerprint density at radius 2 is 0.647 bits per heavy atom. The molecular weight excluding hydrogens is 534 g/mol. The van der Waals surface area contributed by atoms with E-state index in [9.17, 15) is 60.7 Å². The molecule has 178 valence electrons. The summed E-state index contributed by atoms with van der Waals surface area (Å²) >= 11 is 0. The third kappa shape index (κ3) is 7.03. The van der Waals surface area contributed by atoms with Gasteiger partial charge in [0.2, 0.25) is 0 Å². The van der Waals surface area contributed by atoms with E-state index in [0.717, 1.165) is 0 Å². The smallest absolute Gasteiger partial charge is 0.324 e. The van der Waals surface area contributed by atoms with Crippen LogP contribution in [0.4, 0.5) is 34.1 Å². The molecule has 2 aromatic carbocycles. The van der Waals surface area contributed by atoms with Gasteiger partial charge < -0.3 is 15.7 Å². The van der Waals surface area contributed by atoms with E-state index in [4.69, 9.17) is 10.2 Å². The Morgan fingerprint density at radius 1 is 0.471 bits per heavy atom. The summed E-state index contributed by atoms with van der Waals surface area (Å²) in [4.78, 5) is 55.5. The van der Waals surface area contributed by atoms with Crippen molar-refractivity contribution in [3.8, 4) is 11.5 Å².